The van der Waals surface area contributed by atoms with Crippen molar-refractivity contribution in [1.82, 2.24) is 10.6 Å². The molecule has 37 heavy (non-hydrogen) atoms. The number of hydrogen-bond acceptors (Lipinski definition) is 7. The van der Waals surface area contributed by atoms with Gasteiger partial charge in [0.1, 0.15) is 11.5 Å². The number of imide groups is 1. The van der Waals surface area contributed by atoms with Crippen molar-refractivity contribution in [2.45, 2.75) is 31.7 Å². The van der Waals surface area contributed by atoms with Crippen LogP contribution in [-0.4, -0.2) is 58.9 Å². The van der Waals surface area contributed by atoms with E-state index in [0.717, 1.165) is 10.5 Å². The van der Waals surface area contributed by atoms with Gasteiger partial charge in [0.05, 0.1) is 40.0 Å². The molecule has 0 radical (unpaired) electrons. The van der Waals surface area contributed by atoms with Crippen molar-refractivity contribution >= 4 is 23.5 Å². The normalized spacial score (nSPS) is 21.0. The van der Waals surface area contributed by atoms with Gasteiger partial charge in [-0.3, -0.25) is 9.59 Å². The molecule has 3 atom stereocenters. The summed E-state index contributed by atoms with van der Waals surface area (Å²) in [5.41, 5.74) is 1.35. The van der Waals surface area contributed by atoms with E-state index in [-0.39, 0.29) is 17.7 Å². The summed E-state index contributed by atoms with van der Waals surface area (Å²) in [5.74, 6) is 1.13. The smallest absolute Gasteiger partial charge is 0.329 e. The fraction of sp³-hybridized carbons (Fsp3) is 0.444. The number of methoxy groups -OCH3 is 4. The molecule has 10 nitrogen and oxygen atoms in total. The first-order valence-corrected chi connectivity index (χ1v) is 12.2. The summed E-state index contributed by atoms with van der Waals surface area (Å²) in [6.45, 7) is 0.466. The van der Waals surface area contributed by atoms with E-state index in [2.05, 4.69) is 10.6 Å². The molecular formula is C27H33N3O7. The molecular weight excluding hydrogens is 478 g/mol. The molecule has 2 aliphatic rings. The molecule has 2 fully saturated rings. The summed E-state index contributed by atoms with van der Waals surface area (Å²) in [6.07, 6.45) is 2.11. The zero-order valence-electron chi connectivity index (χ0n) is 21.5. The summed E-state index contributed by atoms with van der Waals surface area (Å²) < 4.78 is 21.2. The van der Waals surface area contributed by atoms with Gasteiger partial charge in [-0.05, 0) is 55.5 Å². The van der Waals surface area contributed by atoms with E-state index in [9.17, 15) is 14.4 Å². The fourth-order valence-corrected chi connectivity index (χ4v) is 5.06. The minimum absolute atomic E-state index is 0.0717. The van der Waals surface area contributed by atoms with Crippen molar-refractivity contribution in [3.63, 3.8) is 0 Å². The first-order chi connectivity index (χ1) is 17.9. The van der Waals surface area contributed by atoms with E-state index < -0.39 is 18.0 Å². The van der Waals surface area contributed by atoms with Gasteiger partial charge in [0.25, 0.3) is 0 Å². The van der Waals surface area contributed by atoms with Gasteiger partial charge in [-0.25, -0.2) is 9.69 Å². The summed E-state index contributed by atoms with van der Waals surface area (Å²) in [6, 6.07) is 9.69. The highest BCUT2D eigenvalue weighted by atomic mass is 16.5. The average Bonchev–Trinajstić information content (AvgIpc) is 2.92. The second-order valence-corrected chi connectivity index (χ2v) is 9.11. The number of fused-ring (bicyclic) bond motifs is 1. The Morgan fingerprint density at radius 3 is 2.38 bits per heavy atom. The van der Waals surface area contributed by atoms with Gasteiger partial charge in [0.15, 0.2) is 11.5 Å². The number of carbonyl (C=O) groups is 3. The molecule has 0 bridgehead atoms. The Balaban J connectivity index is 1.36. The third-order valence-corrected chi connectivity index (χ3v) is 7.06. The van der Waals surface area contributed by atoms with Crippen LogP contribution in [0.5, 0.6) is 23.0 Å². The SMILES string of the molecule is COc1ccc(OC)c(N2C(=O)NC3CC(C(=O)NCCc4ccc(OC)c(OC)c4)CCC3C2=O)c1. The number of carbonyl (C=O) groups excluding carboxylic acids is 3. The molecule has 2 aromatic carbocycles. The molecule has 4 amide bonds. The first-order valence-electron chi connectivity index (χ1n) is 12.2. The molecule has 2 aromatic rings. The Morgan fingerprint density at radius 2 is 1.68 bits per heavy atom. The van der Waals surface area contributed by atoms with Gasteiger partial charge in [0.2, 0.25) is 11.8 Å². The van der Waals surface area contributed by atoms with E-state index >= 15 is 0 Å². The predicted octanol–water partition coefficient (Wildman–Crippen LogP) is 2.92. The lowest BCUT2D eigenvalue weighted by Gasteiger charge is -2.42. The minimum Gasteiger partial charge on any atom is -0.497 e. The van der Waals surface area contributed by atoms with Gasteiger partial charge in [-0.1, -0.05) is 6.07 Å². The van der Waals surface area contributed by atoms with E-state index in [4.69, 9.17) is 18.9 Å². The summed E-state index contributed by atoms with van der Waals surface area (Å²) >= 11 is 0. The van der Waals surface area contributed by atoms with Crippen LogP contribution in [0.4, 0.5) is 10.5 Å². The highest BCUT2D eigenvalue weighted by molar-refractivity contribution is 6.18. The highest BCUT2D eigenvalue weighted by Crippen LogP contribution is 2.39. The third-order valence-electron chi connectivity index (χ3n) is 7.06. The molecule has 1 saturated heterocycles. The molecule has 1 aliphatic heterocycles. The Morgan fingerprint density at radius 1 is 0.946 bits per heavy atom. The Hall–Kier alpha value is -3.95. The van der Waals surface area contributed by atoms with E-state index in [1.807, 2.05) is 18.2 Å². The van der Waals surface area contributed by atoms with Crippen molar-refractivity contribution < 1.29 is 33.3 Å². The highest BCUT2D eigenvalue weighted by Gasteiger charge is 2.46. The van der Waals surface area contributed by atoms with Crippen LogP contribution in [-0.2, 0) is 16.0 Å². The standard InChI is InChI=1S/C27H33N3O7/c1-34-18-7-10-22(35-2)21(15-18)30-26(32)19-8-6-17(14-20(19)29-27(30)33)25(31)28-12-11-16-5-9-23(36-3)24(13-16)37-4/h5,7,9-10,13,15,17,19-20H,6,8,11-12,14H2,1-4H3,(H,28,31)(H,29,33). The molecule has 198 valence electrons. The van der Waals surface area contributed by atoms with Crippen LogP contribution >= 0.6 is 0 Å². The minimum atomic E-state index is -0.535. The van der Waals surface area contributed by atoms with Gasteiger partial charge in [-0.15, -0.1) is 0 Å². The number of hydrogen-bond donors (Lipinski definition) is 2. The molecule has 10 heteroatoms. The van der Waals surface area contributed by atoms with Gasteiger partial charge >= 0.3 is 6.03 Å². The van der Waals surface area contributed by atoms with Crippen LogP contribution in [0.2, 0.25) is 0 Å². The van der Waals surface area contributed by atoms with Crippen LogP contribution < -0.4 is 34.5 Å². The summed E-state index contributed by atoms with van der Waals surface area (Å²) in [7, 11) is 6.16. The number of benzene rings is 2. The predicted molar refractivity (Wildman–Crippen MR) is 136 cm³/mol. The number of rotatable bonds is 9. The lowest BCUT2D eigenvalue weighted by Crippen LogP contribution is -2.62. The summed E-state index contributed by atoms with van der Waals surface area (Å²) in [5, 5.41) is 5.94. The first kappa shape index (κ1) is 26.1. The lowest BCUT2D eigenvalue weighted by molar-refractivity contribution is -0.130. The number of urea groups is 1. The number of ether oxygens (including phenoxy) is 4. The zero-order valence-corrected chi connectivity index (χ0v) is 21.5. The Bertz CT molecular complexity index is 1170. The molecule has 1 aliphatic carbocycles. The zero-order chi connectivity index (χ0) is 26.5. The van der Waals surface area contributed by atoms with Crippen LogP contribution in [0.1, 0.15) is 24.8 Å². The van der Waals surface area contributed by atoms with Crippen LogP contribution in [0.3, 0.4) is 0 Å². The molecule has 1 heterocycles. The van der Waals surface area contributed by atoms with Crippen molar-refractivity contribution in [2.24, 2.45) is 11.8 Å². The largest absolute Gasteiger partial charge is 0.497 e. The number of nitrogens with one attached hydrogen (secondary N) is 2. The van der Waals surface area contributed by atoms with Gasteiger partial charge < -0.3 is 29.6 Å². The van der Waals surface area contributed by atoms with Crippen molar-refractivity contribution in [1.29, 1.82) is 0 Å². The fourth-order valence-electron chi connectivity index (χ4n) is 5.06. The molecule has 1 saturated carbocycles. The monoisotopic (exact) mass is 511 g/mol. The Labute approximate surface area is 216 Å². The van der Waals surface area contributed by atoms with E-state index in [1.54, 1.807) is 32.4 Å². The number of nitrogens with zero attached hydrogens (tertiary/aromatic N) is 1. The average molecular weight is 512 g/mol. The molecule has 3 unspecified atom stereocenters. The topological polar surface area (TPSA) is 115 Å². The number of anilines is 1. The maximum Gasteiger partial charge on any atom is 0.329 e. The van der Waals surface area contributed by atoms with Gasteiger partial charge in [0, 0.05) is 24.6 Å². The maximum atomic E-state index is 13.4. The maximum absolute atomic E-state index is 13.4. The van der Waals surface area contributed by atoms with Crippen LogP contribution in [0.25, 0.3) is 0 Å². The Kier molecular flexibility index (Phi) is 8.05. The van der Waals surface area contributed by atoms with Crippen LogP contribution in [0.15, 0.2) is 36.4 Å². The number of amides is 4. The van der Waals surface area contributed by atoms with Crippen LogP contribution in [0, 0.1) is 11.8 Å². The molecule has 2 N–H and O–H groups in total. The van der Waals surface area contributed by atoms with Crippen molar-refractivity contribution in [3.8, 4) is 23.0 Å². The van der Waals surface area contributed by atoms with Gasteiger partial charge in [-0.2, -0.15) is 0 Å². The summed E-state index contributed by atoms with van der Waals surface area (Å²) in [4.78, 5) is 40.4. The lowest BCUT2D eigenvalue weighted by atomic mass is 9.76. The van der Waals surface area contributed by atoms with Crippen molar-refractivity contribution in [3.05, 3.63) is 42.0 Å². The van der Waals surface area contributed by atoms with Crippen molar-refractivity contribution in [2.75, 3.05) is 39.9 Å². The second kappa shape index (κ2) is 11.4. The molecule has 0 aromatic heterocycles. The van der Waals surface area contributed by atoms with E-state index in [1.165, 1.54) is 14.2 Å². The second-order valence-electron chi connectivity index (χ2n) is 9.11. The van der Waals surface area contributed by atoms with E-state index in [0.29, 0.717) is 60.9 Å². The molecule has 0 spiro atoms. The molecule has 4 rings (SSSR count). The quantitative estimate of drug-likeness (QED) is 0.532. The third kappa shape index (κ3) is 5.42.